The molecule has 0 aliphatic heterocycles. The van der Waals surface area contributed by atoms with Crippen molar-refractivity contribution in [2.75, 3.05) is 23.9 Å². The molecule has 2 aromatic carbocycles. The molecule has 0 radical (unpaired) electrons. The van der Waals surface area contributed by atoms with Gasteiger partial charge in [-0.15, -0.1) is 0 Å². The summed E-state index contributed by atoms with van der Waals surface area (Å²) in [6.07, 6.45) is -0.861. The molecule has 2 rings (SSSR count). The molecule has 0 N–H and O–H groups in total. The predicted molar refractivity (Wildman–Crippen MR) is 131 cm³/mol. The smallest absolute Gasteiger partial charge is 0.529 e. The molecular formula is C24H33BN2O6. The summed E-state index contributed by atoms with van der Waals surface area (Å²) in [6.45, 7) is 10.9. The molecule has 0 atom stereocenters. The monoisotopic (exact) mass is 456 g/mol. The zero-order chi connectivity index (χ0) is 24.8. The highest BCUT2D eigenvalue weighted by Crippen LogP contribution is 2.22. The Kier molecular flexibility index (Phi) is 8.25. The van der Waals surface area contributed by atoms with Gasteiger partial charge in [0.25, 0.3) is 0 Å². The standard InChI is InChI=1S/C24H33BN2O6/c1-23(2,3)30-21(28)26(7)17-9-13-19(14-10-17)32-25-33-20-15-11-18(12-16-20)27(8)22(29)31-24(4,5)6/h9-16,25H,1-8H3. The number of carbonyl (C=O) groups excluding carboxylic acids is 2. The van der Waals surface area contributed by atoms with Crippen molar-refractivity contribution in [2.45, 2.75) is 52.7 Å². The van der Waals surface area contributed by atoms with Gasteiger partial charge in [-0.2, -0.15) is 0 Å². The first-order valence-electron chi connectivity index (χ1n) is 10.6. The Balaban J connectivity index is 1.85. The second-order valence-electron chi connectivity index (χ2n) is 9.47. The van der Waals surface area contributed by atoms with E-state index in [1.807, 2.05) is 41.5 Å². The van der Waals surface area contributed by atoms with Crippen LogP contribution in [-0.2, 0) is 9.47 Å². The third-order valence-corrected chi connectivity index (χ3v) is 4.23. The largest absolute Gasteiger partial charge is 0.576 e. The van der Waals surface area contributed by atoms with Gasteiger partial charge in [0, 0.05) is 25.5 Å². The molecule has 2 aromatic rings. The molecule has 0 bridgehead atoms. The van der Waals surface area contributed by atoms with E-state index in [0.717, 1.165) is 0 Å². The van der Waals surface area contributed by atoms with E-state index in [-0.39, 0.29) is 7.69 Å². The fourth-order valence-corrected chi connectivity index (χ4v) is 2.57. The summed E-state index contributed by atoms with van der Waals surface area (Å²) in [7, 11) is 3.30. The summed E-state index contributed by atoms with van der Waals surface area (Å²) in [5.41, 5.74) is 0.244. The molecule has 178 valence electrons. The van der Waals surface area contributed by atoms with Crippen LogP contribution < -0.4 is 19.1 Å². The Hall–Kier alpha value is -3.36. The van der Waals surface area contributed by atoms with Crippen LogP contribution in [0.25, 0.3) is 0 Å². The minimum absolute atomic E-state index is 0.00248. The lowest BCUT2D eigenvalue weighted by molar-refractivity contribution is 0.0578. The fourth-order valence-electron chi connectivity index (χ4n) is 2.57. The van der Waals surface area contributed by atoms with Gasteiger partial charge in [-0.05, 0) is 90.1 Å². The van der Waals surface area contributed by atoms with Crippen LogP contribution in [0.2, 0.25) is 0 Å². The average Bonchev–Trinajstić information content (AvgIpc) is 2.71. The first kappa shape index (κ1) is 25.9. The molecule has 2 amide bonds. The number of carbonyl (C=O) groups is 2. The van der Waals surface area contributed by atoms with E-state index in [9.17, 15) is 9.59 Å². The van der Waals surface area contributed by atoms with Crippen LogP contribution in [0.3, 0.4) is 0 Å². The van der Waals surface area contributed by atoms with E-state index in [1.54, 1.807) is 62.6 Å². The molecule has 0 unspecified atom stereocenters. The average molecular weight is 456 g/mol. The number of nitrogens with zero attached hydrogens (tertiary/aromatic N) is 2. The van der Waals surface area contributed by atoms with E-state index in [1.165, 1.54) is 9.80 Å². The van der Waals surface area contributed by atoms with Gasteiger partial charge in [0.15, 0.2) is 0 Å². The van der Waals surface area contributed by atoms with Gasteiger partial charge in [0.1, 0.15) is 22.7 Å². The number of hydrogen-bond acceptors (Lipinski definition) is 6. The third kappa shape index (κ3) is 8.59. The maximum atomic E-state index is 12.2. The van der Waals surface area contributed by atoms with Crippen molar-refractivity contribution < 1.29 is 28.4 Å². The quantitative estimate of drug-likeness (QED) is 0.560. The van der Waals surface area contributed by atoms with Crippen LogP contribution in [0.1, 0.15) is 41.5 Å². The van der Waals surface area contributed by atoms with Crippen molar-refractivity contribution in [1.82, 2.24) is 0 Å². The van der Waals surface area contributed by atoms with Crippen molar-refractivity contribution in [1.29, 1.82) is 0 Å². The Morgan fingerprint density at radius 2 is 0.939 bits per heavy atom. The van der Waals surface area contributed by atoms with Gasteiger partial charge < -0.3 is 18.8 Å². The normalized spacial score (nSPS) is 11.3. The molecule has 0 spiro atoms. The van der Waals surface area contributed by atoms with E-state index in [2.05, 4.69) is 0 Å². The molecule has 0 aliphatic rings. The topological polar surface area (TPSA) is 77.5 Å². The Morgan fingerprint density at radius 3 is 1.21 bits per heavy atom. The number of benzene rings is 2. The van der Waals surface area contributed by atoms with Crippen molar-refractivity contribution in [3.8, 4) is 11.5 Å². The van der Waals surface area contributed by atoms with E-state index < -0.39 is 23.4 Å². The minimum Gasteiger partial charge on any atom is -0.529 e. The van der Waals surface area contributed by atoms with Crippen molar-refractivity contribution in [3.05, 3.63) is 48.5 Å². The number of ether oxygens (including phenoxy) is 2. The van der Waals surface area contributed by atoms with Gasteiger partial charge in [-0.25, -0.2) is 9.59 Å². The second-order valence-corrected chi connectivity index (χ2v) is 9.47. The zero-order valence-corrected chi connectivity index (χ0v) is 20.7. The summed E-state index contributed by atoms with van der Waals surface area (Å²) >= 11 is 0. The first-order chi connectivity index (χ1) is 15.2. The summed E-state index contributed by atoms with van der Waals surface area (Å²) in [5, 5.41) is 0. The molecule has 9 heteroatoms. The van der Waals surface area contributed by atoms with E-state index in [0.29, 0.717) is 22.9 Å². The summed E-state index contributed by atoms with van der Waals surface area (Å²) in [5.74, 6) is 1.19. The van der Waals surface area contributed by atoms with Crippen molar-refractivity contribution in [3.63, 3.8) is 0 Å². The summed E-state index contributed by atoms with van der Waals surface area (Å²) in [6, 6.07) is 14.1. The molecule has 8 nitrogen and oxygen atoms in total. The Bertz CT molecular complexity index is 856. The van der Waals surface area contributed by atoms with Crippen LogP contribution in [0, 0.1) is 0 Å². The van der Waals surface area contributed by atoms with Gasteiger partial charge in [-0.1, -0.05) is 0 Å². The molecule has 0 saturated carbocycles. The van der Waals surface area contributed by atoms with Crippen LogP contribution >= 0.6 is 0 Å². The summed E-state index contributed by atoms with van der Waals surface area (Å²) in [4.78, 5) is 27.2. The third-order valence-electron chi connectivity index (χ3n) is 4.23. The highest BCUT2D eigenvalue weighted by atomic mass is 16.6. The first-order valence-corrected chi connectivity index (χ1v) is 10.6. The molecule has 0 heterocycles. The number of rotatable bonds is 6. The number of amides is 2. The fraction of sp³-hybridized carbons (Fsp3) is 0.417. The van der Waals surface area contributed by atoms with E-state index in [4.69, 9.17) is 18.8 Å². The van der Waals surface area contributed by atoms with Crippen LogP contribution in [-0.4, -0.2) is 45.2 Å². The van der Waals surface area contributed by atoms with Gasteiger partial charge in [0.2, 0.25) is 0 Å². The van der Waals surface area contributed by atoms with Gasteiger partial charge in [-0.3, -0.25) is 9.80 Å². The molecular weight excluding hydrogens is 423 g/mol. The summed E-state index contributed by atoms with van der Waals surface area (Å²) < 4.78 is 22.0. The van der Waals surface area contributed by atoms with Crippen LogP contribution in [0.15, 0.2) is 48.5 Å². The van der Waals surface area contributed by atoms with Gasteiger partial charge >= 0.3 is 19.9 Å². The molecule has 0 saturated heterocycles. The predicted octanol–water partition coefficient (Wildman–Crippen LogP) is 5.15. The Labute approximate surface area is 196 Å². The van der Waals surface area contributed by atoms with Crippen LogP contribution in [0.5, 0.6) is 11.5 Å². The molecule has 0 fully saturated rings. The second kappa shape index (κ2) is 10.5. The minimum atomic E-state index is -0.560. The Morgan fingerprint density at radius 1 is 0.636 bits per heavy atom. The molecule has 0 aromatic heterocycles. The SMILES string of the molecule is CN(C(=O)OC(C)(C)C)c1ccc(OBOc2ccc(N(C)C(=O)OC(C)(C)C)cc2)cc1. The maximum absolute atomic E-state index is 12.2. The number of anilines is 2. The lowest BCUT2D eigenvalue weighted by Gasteiger charge is -2.24. The van der Waals surface area contributed by atoms with Crippen molar-refractivity contribution >= 4 is 31.2 Å². The molecule has 33 heavy (non-hydrogen) atoms. The highest BCUT2D eigenvalue weighted by molar-refractivity contribution is 6.20. The molecule has 0 aliphatic carbocycles. The van der Waals surface area contributed by atoms with Crippen molar-refractivity contribution in [2.24, 2.45) is 0 Å². The van der Waals surface area contributed by atoms with Crippen LogP contribution in [0.4, 0.5) is 21.0 Å². The number of hydrogen-bond donors (Lipinski definition) is 0. The van der Waals surface area contributed by atoms with Gasteiger partial charge in [0.05, 0.1) is 0 Å². The highest BCUT2D eigenvalue weighted by Gasteiger charge is 2.21. The zero-order valence-electron chi connectivity index (χ0n) is 20.7. The van der Waals surface area contributed by atoms with E-state index >= 15 is 0 Å². The lowest BCUT2D eigenvalue weighted by atomic mass is 10.2. The lowest BCUT2D eigenvalue weighted by Crippen LogP contribution is -2.34. The maximum Gasteiger partial charge on any atom is 0.576 e.